The van der Waals surface area contributed by atoms with Crippen LogP contribution in [0.4, 0.5) is 0 Å². The van der Waals surface area contributed by atoms with Gasteiger partial charge in [-0.2, -0.15) is 5.10 Å². The number of nitrogens with zero attached hydrogens (tertiary/aromatic N) is 4. The zero-order chi connectivity index (χ0) is 15.6. The molecule has 2 aliphatic heterocycles. The maximum Gasteiger partial charge on any atom is 0.257 e. The molecule has 4 rings (SSSR count). The van der Waals surface area contributed by atoms with Crippen LogP contribution in [0.3, 0.4) is 0 Å². The fraction of sp³-hybridized carbons (Fsp3) is 0.500. The summed E-state index contributed by atoms with van der Waals surface area (Å²) in [5.41, 5.74) is 3.49. The molecule has 0 aliphatic carbocycles. The lowest BCUT2D eigenvalue weighted by molar-refractivity contribution is 0.0728. The molecule has 0 radical (unpaired) electrons. The molecule has 2 aliphatic rings. The SMILES string of the molecule is O=C(c1cn[nH]c1C1CCCCN1)N1CCc2nccnc2C1. The summed E-state index contributed by atoms with van der Waals surface area (Å²) in [5.74, 6) is 0.0254. The lowest BCUT2D eigenvalue weighted by atomic mass is 9.99. The second-order valence-corrected chi connectivity index (χ2v) is 6.13. The van der Waals surface area contributed by atoms with Crippen LogP contribution >= 0.6 is 0 Å². The Morgan fingerprint density at radius 1 is 1.22 bits per heavy atom. The molecule has 23 heavy (non-hydrogen) atoms. The van der Waals surface area contributed by atoms with E-state index in [9.17, 15) is 4.79 Å². The van der Waals surface area contributed by atoms with E-state index in [1.165, 1.54) is 12.8 Å². The van der Waals surface area contributed by atoms with Crippen molar-refractivity contribution in [2.24, 2.45) is 0 Å². The third-order valence-corrected chi connectivity index (χ3v) is 4.66. The number of hydrogen-bond donors (Lipinski definition) is 2. The highest BCUT2D eigenvalue weighted by Crippen LogP contribution is 2.26. The first-order valence-corrected chi connectivity index (χ1v) is 8.17. The third-order valence-electron chi connectivity index (χ3n) is 4.66. The van der Waals surface area contributed by atoms with Gasteiger partial charge in [0.25, 0.3) is 5.91 Å². The molecule has 0 aromatic carbocycles. The normalized spacial score (nSPS) is 21.0. The Morgan fingerprint density at radius 3 is 2.91 bits per heavy atom. The standard InChI is InChI=1S/C16H20N6O/c23-16(22-8-4-12-14(10-22)19-7-6-18-12)11-9-20-21-15(11)13-3-1-2-5-17-13/h6-7,9,13,17H,1-5,8,10H2,(H,20,21). The third kappa shape index (κ3) is 2.72. The average molecular weight is 312 g/mol. The first kappa shape index (κ1) is 14.3. The van der Waals surface area contributed by atoms with Crippen LogP contribution in [0.15, 0.2) is 18.6 Å². The lowest BCUT2D eigenvalue weighted by Gasteiger charge is -2.28. The van der Waals surface area contributed by atoms with E-state index in [2.05, 4.69) is 25.5 Å². The summed E-state index contributed by atoms with van der Waals surface area (Å²) in [6.45, 7) is 2.18. The van der Waals surface area contributed by atoms with Gasteiger partial charge in [0.1, 0.15) is 0 Å². The van der Waals surface area contributed by atoms with Gasteiger partial charge in [-0.3, -0.25) is 19.9 Å². The molecule has 7 heteroatoms. The van der Waals surface area contributed by atoms with Gasteiger partial charge in [0.05, 0.1) is 35.4 Å². The van der Waals surface area contributed by atoms with E-state index in [1.807, 2.05) is 4.90 Å². The van der Waals surface area contributed by atoms with Gasteiger partial charge in [-0.1, -0.05) is 6.42 Å². The van der Waals surface area contributed by atoms with Gasteiger partial charge in [-0.25, -0.2) is 0 Å². The van der Waals surface area contributed by atoms with E-state index in [0.29, 0.717) is 18.7 Å². The fourth-order valence-electron chi connectivity index (χ4n) is 3.41. The number of fused-ring (bicyclic) bond motifs is 1. The molecule has 1 amide bonds. The van der Waals surface area contributed by atoms with Crippen LogP contribution in [0.1, 0.15) is 52.7 Å². The Bertz CT molecular complexity index is 706. The highest BCUT2D eigenvalue weighted by molar-refractivity contribution is 5.95. The van der Waals surface area contributed by atoms with Gasteiger partial charge in [-0.05, 0) is 19.4 Å². The molecular weight excluding hydrogens is 292 g/mol. The zero-order valence-corrected chi connectivity index (χ0v) is 13.0. The molecular formula is C16H20N6O. The Labute approximate surface area is 134 Å². The minimum Gasteiger partial charge on any atom is -0.332 e. The van der Waals surface area contributed by atoms with Gasteiger partial charge >= 0.3 is 0 Å². The second-order valence-electron chi connectivity index (χ2n) is 6.13. The number of aromatic nitrogens is 4. The van der Waals surface area contributed by atoms with Crippen LogP contribution < -0.4 is 5.32 Å². The van der Waals surface area contributed by atoms with Gasteiger partial charge < -0.3 is 10.2 Å². The average Bonchev–Trinajstić information content (AvgIpc) is 3.11. The van der Waals surface area contributed by atoms with Gasteiger partial charge in [0, 0.05) is 31.4 Å². The molecule has 0 bridgehead atoms. The summed E-state index contributed by atoms with van der Waals surface area (Å²) < 4.78 is 0. The first-order valence-electron chi connectivity index (χ1n) is 8.17. The van der Waals surface area contributed by atoms with E-state index in [4.69, 9.17) is 0 Å². The maximum absolute atomic E-state index is 12.9. The van der Waals surface area contributed by atoms with E-state index in [1.54, 1.807) is 18.6 Å². The number of hydrogen-bond acceptors (Lipinski definition) is 5. The fourth-order valence-corrected chi connectivity index (χ4v) is 3.41. The summed E-state index contributed by atoms with van der Waals surface area (Å²) in [4.78, 5) is 23.5. The van der Waals surface area contributed by atoms with E-state index in [0.717, 1.165) is 36.5 Å². The van der Waals surface area contributed by atoms with Crippen LogP contribution in [0.5, 0.6) is 0 Å². The summed E-state index contributed by atoms with van der Waals surface area (Å²) in [5, 5.41) is 10.6. The predicted molar refractivity (Wildman–Crippen MR) is 83.7 cm³/mol. The van der Waals surface area contributed by atoms with Crippen molar-refractivity contribution < 1.29 is 4.79 Å². The highest BCUT2D eigenvalue weighted by Gasteiger charge is 2.28. The summed E-state index contributed by atoms with van der Waals surface area (Å²) >= 11 is 0. The molecule has 2 N–H and O–H groups in total. The maximum atomic E-state index is 12.9. The van der Waals surface area contributed by atoms with Crippen molar-refractivity contribution in [1.29, 1.82) is 0 Å². The molecule has 1 unspecified atom stereocenters. The summed E-state index contributed by atoms with van der Waals surface area (Å²) in [7, 11) is 0. The number of piperidine rings is 1. The molecule has 120 valence electrons. The Hall–Kier alpha value is -2.28. The van der Waals surface area contributed by atoms with Gasteiger partial charge in [0.2, 0.25) is 0 Å². The van der Waals surface area contributed by atoms with Gasteiger partial charge in [0.15, 0.2) is 0 Å². The van der Waals surface area contributed by atoms with Crippen molar-refractivity contribution in [2.75, 3.05) is 13.1 Å². The molecule has 1 fully saturated rings. The minimum atomic E-state index is 0.0254. The number of carbonyl (C=O) groups excluding carboxylic acids is 1. The van der Waals surface area contributed by atoms with Crippen molar-refractivity contribution in [3.05, 3.63) is 41.2 Å². The van der Waals surface area contributed by atoms with E-state index in [-0.39, 0.29) is 11.9 Å². The minimum absolute atomic E-state index is 0.0254. The Balaban J connectivity index is 1.55. The topological polar surface area (TPSA) is 86.8 Å². The Kier molecular flexibility index (Phi) is 3.78. The number of aromatic amines is 1. The van der Waals surface area contributed by atoms with Crippen LogP contribution in [0, 0.1) is 0 Å². The molecule has 7 nitrogen and oxygen atoms in total. The van der Waals surface area contributed by atoms with Crippen LogP contribution in [0.2, 0.25) is 0 Å². The monoisotopic (exact) mass is 312 g/mol. The van der Waals surface area contributed by atoms with Crippen molar-refractivity contribution in [1.82, 2.24) is 30.4 Å². The van der Waals surface area contributed by atoms with Crippen molar-refractivity contribution in [3.8, 4) is 0 Å². The lowest BCUT2D eigenvalue weighted by Crippen LogP contribution is -2.38. The molecule has 0 spiro atoms. The largest absolute Gasteiger partial charge is 0.332 e. The van der Waals surface area contributed by atoms with Crippen molar-refractivity contribution >= 4 is 5.91 Å². The number of H-pyrrole nitrogens is 1. The number of amides is 1. The molecule has 0 saturated carbocycles. The first-order chi connectivity index (χ1) is 11.3. The molecule has 2 aromatic heterocycles. The molecule has 1 saturated heterocycles. The number of nitrogens with one attached hydrogen (secondary N) is 2. The summed E-state index contributed by atoms with van der Waals surface area (Å²) in [6.07, 6.45) is 9.20. The van der Waals surface area contributed by atoms with Gasteiger partial charge in [-0.15, -0.1) is 0 Å². The quantitative estimate of drug-likeness (QED) is 0.870. The van der Waals surface area contributed by atoms with Crippen LogP contribution in [-0.2, 0) is 13.0 Å². The Morgan fingerprint density at radius 2 is 2.09 bits per heavy atom. The smallest absolute Gasteiger partial charge is 0.257 e. The number of rotatable bonds is 2. The number of carbonyl (C=O) groups is 1. The van der Waals surface area contributed by atoms with Crippen LogP contribution in [0.25, 0.3) is 0 Å². The molecule has 4 heterocycles. The van der Waals surface area contributed by atoms with Crippen molar-refractivity contribution in [3.63, 3.8) is 0 Å². The summed E-state index contributed by atoms with van der Waals surface area (Å²) in [6, 6.07) is 0.196. The molecule has 1 atom stereocenters. The zero-order valence-electron chi connectivity index (χ0n) is 13.0. The van der Waals surface area contributed by atoms with E-state index < -0.39 is 0 Å². The van der Waals surface area contributed by atoms with Crippen molar-refractivity contribution in [2.45, 2.75) is 38.3 Å². The van der Waals surface area contributed by atoms with Crippen LogP contribution in [-0.4, -0.2) is 44.1 Å². The second kappa shape index (κ2) is 6.08. The highest BCUT2D eigenvalue weighted by atomic mass is 16.2. The van der Waals surface area contributed by atoms with E-state index >= 15 is 0 Å². The molecule has 2 aromatic rings. The predicted octanol–water partition coefficient (Wildman–Crippen LogP) is 1.21.